The van der Waals surface area contributed by atoms with E-state index in [9.17, 15) is 4.79 Å². The van der Waals surface area contributed by atoms with Gasteiger partial charge in [0.2, 0.25) is 5.91 Å². The zero-order valence-corrected chi connectivity index (χ0v) is 11.1. The molecular weight excluding hydrogens is 254 g/mol. The third-order valence-electron chi connectivity index (χ3n) is 2.86. The van der Waals surface area contributed by atoms with Gasteiger partial charge >= 0.3 is 0 Å². The average Bonchev–Trinajstić information content (AvgIpc) is 2.99. The molecule has 0 fully saturated rings. The highest BCUT2D eigenvalue weighted by molar-refractivity contribution is 5.91. The standard InChI is InChI=1S/C16H17NO3/c18-12-14-5-3-13(4-6-14)9-10-17-16(19)8-7-15-2-1-11-20-15/h1-8,11,18H,9-10,12H2,(H,17,19)/b8-7+. The maximum atomic E-state index is 11.6. The molecule has 0 saturated carbocycles. The van der Waals surface area contributed by atoms with Crippen molar-refractivity contribution in [2.75, 3.05) is 6.54 Å². The van der Waals surface area contributed by atoms with E-state index in [2.05, 4.69) is 5.32 Å². The lowest BCUT2D eigenvalue weighted by molar-refractivity contribution is -0.116. The smallest absolute Gasteiger partial charge is 0.244 e. The van der Waals surface area contributed by atoms with Crippen molar-refractivity contribution in [3.63, 3.8) is 0 Å². The topological polar surface area (TPSA) is 62.5 Å². The summed E-state index contributed by atoms with van der Waals surface area (Å²) in [5.74, 6) is 0.508. The highest BCUT2D eigenvalue weighted by Crippen LogP contribution is 2.05. The van der Waals surface area contributed by atoms with Gasteiger partial charge in [0, 0.05) is 12.6 Å². The van der Waals surface area contributed by atoms with Crippen LogP contribution in [0.2, 0.25) is 0 Å². The van der Waals surface area contributed by atoms with Crippen molar-refractivity contribution in [3.05, 3.63) is 65.6 Å². The number of nitrogens with one attached hydrogen (secondary N) is 1. The Morgan fingerprint density at radius 3 is 2.60 bits per heavy atom. The van der Waals surface area contributed by atoms with E-state index in [0.717, 1.165) is 17.5 Å². The first-order valence-electron chi connectivity index (χ1n) is 6.46. The number of benzene rings is 1. The van der Waals surface area contributed by atoms with E-state index in [-0.39, 0.29) is 12.5 Å². The summed E-state index contributed by atoms with van der Waals surface area (Å²) < 4.78 is 5.09. The minimum atomic E-state index is -0.145. The molecule has 0 atom stereocenters. The molecule has 104 valence electrons. The Bertz CT molecular complexity index is 556. The van der Waals surface area contributed by atoms with Crippen LogP contribution in [0.15, 0.2) is 53.2 Å². The van der Waals surface area contributed by atoms with Gasteiger partial charge in [0.1, 0.15) is 5.76 Å². The van der Waals surface area contributed by atoms with E-state index in [1.165, 1.54) is 6.08 Å². The zero-order chi connectivity index (χ0) is 14.2. The predicted molar refractivity (Wildman–Crippen MR) is 76.8 cm³/mol. The first-order valence-corrected chi connectivity index (χ1v) is 6.46. The molecule has 4 heteroatoms. The molecule has 2 aromatic rings. The van der Waals surface area contributed by atoms with Gasteiger partial charge in [-0.15, -0.1) is 0 Å². The Labute approximate surface area is 117 Å². The number of hydrogen-bond donors (Lipinski definition) is 2. The second-order valence-electron chi connectivity index (χ2n) is 4.36. The lowest BCUT2D eigenvalue weighted by atomic mass is 10.1. The van der Waals surface area contributed by atoms with Crippen molar-refractivity contribution >= 4 is 12.0 Å². The van der Waals surface area contributed by atoms with Crippen LogP contribution in [0.3, 0.4) is 0 Å². The van der Waals surface area contributed by atoms with E-state index in [0.29, 0.717) is 12.3 Å². The lowest BCUT2D eigenvalue weighted by Crippen LogP contribution is -2.23. The quantitative estimate of drug-likeness (QED) is 0.791. The fraction of sp³-hybridized carbons (Fsp3) is 0.188. The van der Waals surface area contributed by atoms with E-state index in [1.807, 2.05) is 24.3 Å². The molecule has 0 unspecified atom stereocenters. The number of carbonyl (C=O) groups is 1. The van der Waals surface area contributed by atoms with Crippen molar-refractivity contribution in [1.82, 2.24) is 5.32 Å². The van der Waals surface area contributed by atoms with Crippen LogP contribution >= 0.6 is 0 Å². The van der Waals surface area contributed by atoms with Crippen LogP contribution in [0.5, 0.6) is 0 Å². The molecule has 0 aliphatic rings. The second kappa shape index (κ2) is 7.31. The molecule has 0 radical (unpaired) electrons. The predicted octanol–water partition coefficient (Wildman–Crippen LogP) is 2.14. The van der Waals surface area contributed by atoms with Gasteiger partial charge in [0.15, 0.2) is 0 Å². The van der Waals surface area contributed by atoms with Crippen LogP contribution in [0.1, 0.15) is 16.9 Å². The molecule has 0 bridgehead atoms. The molecule has 2 rings (SSSR count). The number of amides is 1. The van der Waals surface area contributed by atoms with Gasteiger partial charge in [-0.05, 0) is 35.8 Å². The number of furan rings is 1. The van der Waals surface area contributed by atoms with Gasteiger partial charge in [-0.1, -0.05) is 24.3 Å². The van der Waals surface area contributed by atoms with Crippen LogP contribution in [0.25, 0.3) is 6.08 Å². The van der Waals surface area contributed by atoms with E-state index >= 15 is 0 Å². The summed E-state index contributed by atoms with van der Waals surface area (Å²) in [6.07, 6.45) is 5.40. The summed E-state index contributed by atoms with van der Waals surface area (Å²) >= 11 is 0. The van der Waals surface area contributed by atoms with Gasteiger partial charge in [0.05, 0.1) is 12.9 Å². The summed E-state index contributed by atoms with van der Waals surface area (Å²) in [5.41, 5.74) is 2.01. The number of carbonyl (C=O) groups excluding carboxylic acids is 1. The normalized spacial score (nSPS) is 10.8. The SMILES string of the molecule is O=C(/C=C/c1ccco1)NCCc1ccc(CO)cc1. The third kappa shape index (κ3) is 4.40. The molecule has 1 amide bonds. The lowest BCUT2D eigenvalue weighted by Gasteiger charge is -2.03. The Hall–Kier alpha value is -2.33. The first-order chi connectivity index (χ1) is 9.78. The van der Waals surface area contributed by atoms with E-state index < -0.39 is 0 Å². The second-order valence-corrected chi connectivity index (χ2v) is 4.36. The van der Waals surface area contributed by atoms with Crippen molar-refractivity contribution < 1.29 is 14.3 Å². The van der Waals surface area contributed by atoms with E-state index in [1.54, 1.807) is 24.5 Å². The van der Waals surface area contributed by atoms with Gasteiger partial charge in [0.25, 0.3) is 0 Å². The summed E-state index contributed by atoms with van der Waals surface area (Å²) in [6.45, 7) is 0.619. The Balaban J connectivity index is 1.73. The fourth-order valence-electron chi connectivity index (χ4n) is 1.74. The molecule has 2 N–H and O–H groups in total. The monoisotopic (exact) mass is 271 g/mol. The van der Waals surface area contributed by atoms with E-state index in [4.69, 9.17) is 9.52 Å². The minimum Gasteiger partial charge on any atom is -0.465 e. The molecule has 0 saturated heterocycles. The maximum absolute atomic E-state index is 11.6. The van der Waals surface area contributed by atoms with Crippen LogP contribution in [-0.2, 0) is 17.8 Å². The largest absolute Gasteiger partial charge is 0.465 e. The first kappa shape index (κ1) is 14.1. The summed E-state index contributed by atoms with van der Waals surface area (Å²) in [5, 5.41) is 11.7. The molecule has 20 heavy (non-hydrogen) atoms. The molecule has 0 aliphatic heterocycles. The van der Waals surface area contributed by atoms with Crippen LogP contribution in [0.4, 0.5) is 0 Å². The van der Waals surface area contributed by atoms with Gasteiger partial charge < -0.3 is 14.8 Å². The Morgan fingerprint density at radius 1 is 1.20 bits per heavy atom. The third-order valence-corrected chi connectivity index (χ3v) is 2.86. The highest BCUT2D eigenvalue weighted by Gasteiger charge is 1.98. The van der Waals surface area contributed by atoms with Gasteiger partial charge in [-0.25, -0.2) is 0 Å². The van der Waals surface area contributed by atoms with Gasteiger partial charge in [-0.3, -0.25) is 4.79 Å². The average molecular weight is 271 g/mol. The Morgan fingerprint density at radius 2 is 1.95 bits per heavy atom. The van der Waals surface area contributed by atoms with Crippen molar-refractivity contribution in [3.8, 4) is 0 Å². The number of hydrogen-bond acceptors (Lipinski definition) is 3. The van der Waals surface area contributed by atoms with Crippen molar-refractivity contribution in [1.29, 1.82) is 0 Å². The van der Waals surface area contributed by atoms with Crippen molar-refractivity contribution in [2.45, 2.75) is 13.0 Å². The molecule has 1 heterocycles. The number of aliphatic hydroxyl groups is 1. The van der Waals surface area contributed by atoms with Crippen LogP contribution < -0.4 is 5.32 Å². The Kier molecular flexibility index (Phi) is 5.15. The molecular formula is C16H17NO3. The van der Waals surface area contributed by atoms with Gasteiger partial charge in [-0.2, -0.15) is 0 Å². The number of rotatable bonds is 6. The highest BCUT2D eigenvalue weighted by atomic mass is 16.3. The summed E-state index contributed by atoms with van der Waals surface area (Å²) in [7, 11) is 0. The number of aliphatic hydroxyl groups excluding tert-OH is 1. The van der Waals surface area contributed by atoms with Crippen LogP contribution in [0, 0.1) is 0 Å². The maximum Gasteiger partial charge on any atom is 0.244 e. The van der Waals surface area contributed by atoms with Crippen LogP contribution in [-0.4, -0.2) is 17.6 Å². The molecule has 4 nitrogen and oxygen atoms in total. The summed E-state index contributed by atoms with van der Waals surface area (Å²) in [4.78, 5) is 11.6. The summed E-state index contributed by atoms with van der Waals surface area (Å²) in [6, 6.07) is 11.2. The fourth-order valence-corrected chi connectivity index (χ4v) is 1.74. The zero-order valence-electron chi connectivity index (χ0n) is 11.1. The molecule has 1 aromatic carbocycles. The molecule has 1 aromatic heterocycles. The molecule has 0 spiro atoms. The van der Waals surface area contributed by atoms with Crippen molar-refractivity contribution in [2.24, 2.45) is 0 Å². The molecule has 0 aliphatic carbocycles. The minimum absolute atomic E-state index is 0.0502.